The lowest BCUT2D eigenvalue weighted by Gasteiger charge is -2.18. The van der Waals surface area contributed by atoms with E-state index < -0.39 is 16.8 Å². The molecule has 2 rings (SSSR count). The van der Waals surface area contributed by atoms with Gasteiger partial charge in [0.05, 0.1) is 12.1 Å². The minimum atomic E-state index is -0.607. The summed E-state index contributed by atoms with van der Waals surface area (Å²) in [5, 5.41) is 14.1. The molecule has 0 aliphatic carbocycles. The number of halogens is 2. The van der Waals surface area contributed by atoms with Crippen LogP contribution in [-0.4, -0.2) is 11.5 Å². The Labute approximate surface area is 125 Å². The second-order valence-corrected chi connectivity index (χ2v) is 4.95. The third kappa shape index (κ3) is 3.22. The van der Waals surface area contributed by atoms with E-state index in [9.17, 15) is 14.5 Å². The molecule has 1 heterocycles. The molecule has 0 radical (unpaired) electrons. The number of nitrogens with zero attached hydrogens (tertiary/aromatic N) is 1. The van der Waals surface area contributed by atoms with Crippen molar-refractivity contribution >= 4 is 17.5 Å². The maximum atomic E-state index is 13.5. The van der Waals surface area contributed by atoms with E-state index in [1.165, 1.54) is 18.2 Å². The van der Waals surface area contributed by atoms with Gasteiger partial charge in [-0.3, -0.25) is 10.1 Å². The summed E-state index contributed by atoms with van der Waals surface area (Å²) < 4.78 is 18.7. The average Bonchev–Trinajstić information content (AvgIpc) is 2.90. The summed E-state index contributed by atoms with van der Waals surface area (Å²) in [5.74, 6) is -0.385. The highest BCUT2D eigenvalue weighted by Crippen LogP contribution is 2.32. The van der Waals surface area contributed by atoms with Gasteiger partial charge in [0, 0.05) is 5.02 Å². The van der Waals surface area contributed by atoms with Crippen molar-refractivity contribution in [3.63, 3.8) is 0 Å². The van der Waals surface area contributed by atoms with Crippen LogP contribution < -0.4 is 5.32 Å². The lowest BCUT2D eigenvalue weighted by atomic mass is 10.0. The van der Waals surface area contributed by atoms with Crippen molar-refractivity contribution < 1.29 is 13.7 Å². The number of furan rings is 1. The van der Waals surface area contributed by atoms with Crippen molar-refractivity contribution in [2.45, 2.75) is 19.9 Å². The van der Waals surface area contributed by atoms with Crippen molar-refractivity contribution in [3.05, 3.63) is 62.1 Å². The minimum absolute atomic E-state index is 0.239. The third-order valence-corrected chi connectivity index (χ3v) is 3.40. The molecule has 1 aromatic carbocycles. The summed E-state index contributed by atoms with van der Waals surface area (Å²) >= 11 is 6.10. The molecule has 5 nitrogen and oxygen atoms in total. The van der Waals surface area contributed by atoms with E-state index in [1.54, 1.807) is 13.0 Å². The Bertz CT molecular complexity index is 672. The Morgan fingerprint density at radius 2 is 2.19 bits per heavy atom. The van der Waals surface area contributed by atoms with Crippen LogP contribution in [0.15, 0.2) is 28.7 Å². The van der Waals surface area contributed by atoms with Gasteiger partial charge in [0.2, 0.25) is 0 Å². The number of aryl methyl sites for hydroxylation is 1. The lowest BCUT2D eigenvalue weighted by molar-refractivity contribution is -0.402. The van der Waals surface area contributed by atoms with Crippen LogP contribution in [0.2, 0.25) is 5.02 Å². The fraction of sp³-hybridized carbons (Fsp3) is 0.286. The summed E-state index contributed by atoms with van der Waals surface area (Å²) in [5.41, 5.74) is 1.06. The number of rotatable bonds is 5. The largest absolute Gasteiger partial charge is 0.433 e. The van der Waals surface area contributed by atoms with E-state index in [0.717, 1.165) is 0 Å². The zero-order valence-corrected chi connectivity index (χ0v) is 12.3. The molecular formula is C14H14ClFN2O3. The first-order valence-corrected chi connectivity index (χ1v) is 6.75. The molecular weight excluding hydrogens is 299 g/mol. The summed E-state index contributed by atoms with van der Waals surface area (Å²) in [6.45, 7) is 4.10. The number of hydrogen-bond donors (Lipinski definition) is 1. The molecule has 0 bridgehead atoms. The maximum absolute atomic E-state index is 13.5. The minimum Gasteiger partial charge on any atom is -0.404 e. The van der Waals surface area contributed by atoms with Gasteiger partial charge in [-0.15, -0.1) is 0 Å². The second kappa shape index (κ2) is 6.24. The second-order valence-electron chi connectivity index (χ2n) is 4.55. The van der Waals surface area contributed by atoms with E-state index in [4.69, 9.17) is 16.0 Å². The quantitative estimate of drug-likeness (QED) is 0.669. The molecule has 0 aliphatic heterocycles. The summed E-state index contributed by atoms with van der Waals surface area (Å²) in [6, 6.07) is 5.16. The Kier molecular flexibility index (Phi) is 4.59. The Hall–Kier alpha value is -1.92. The van der Waals surface area contributed by atoms with Gasteiger partial charge >= 0.3 is 5.88 Å². The van der Waals surface area contributed by atoms with Gasteiger partial charge < -0.3 is 9.73 Å². The Morgan fingerprint density at radius 3 is 2.76 bits per heavy atom. The molecule has 0 amide bonds. The smallest absolute Gasteiger partial charge is 0.404 e. The number of nitro groups is 1. The molecule has 1 atom stereocenters. The van der Waals surface area contributed by atoms with Crippen molar-refractivity contribution in [3.8, 4) is 0 Å². The Balaban J connectivity index is 2.47. The van der Waals surface area contributed by atoms with Gasteiger partial charge in [0.25, 0.3) is 0 Å². The highest BCUT2D eigenvalue weighted by atomic mass is 35.5. The van der Waals surface area contributed by atoms with Crippen LogP contribution in [0.5, 0.6) is 0 Å². The summed E-state index contributed by atoms with van der Waals surface area (Å²) in [4.78, 5) is 10.1. The van der Waals surface area contributed by atoms with Crippen molar-refractivity contribution in [2.75, 3.05) is 6.54 Å². The average molecular weight is 313 g/mol. The van der Waals surface area contributed by atoms with E-state index in [0.29, 0.717) is 23.4 Å². The first-order valence-electron chi connectivity index (χ1n) is 6.37. The van der Waals surface area contributed by atoms with E-state index in [-0.39, 0.29) is 10.9 Å². The predicted octanol–water partition coefficient (Wildman–Crippen LogP) is 3.99. The van der Waals surface area contributed by atoms with Crippen LogP contribution >= 0.6 is 11.6 Å². The molecule has 1 unspecified atom stereocenters. The van der Waals surface area contributed by atoms with Crippen molar-refractivity contribution in [1.82, 2.24) is 5.32 Å². The fourth-order valence-corrected chi connectivity index (χ4v) is 2.32. The van der Waals surface area contributed by atoms with Gasteiger partial charge in [0.15, 0.2) is 0 Å². The van der Waals surface area contributed by atoms with Gasteiger partial charge in [-0.25, -0.2) is 4.39 Å². The van der Waals surface area contributed by atoms with Crippen LogP contribution in [0.1, 0.15) is 29.9 Å². The summed E-state index contributed by atoms with van der Waals surface area (Å²) in [7, 11) is 0. The molecule has 1 N–H and O–H groups in total. The van der Waals surface area contributed by atoms with Crippen LogP contribution in [0.25, 0.3) is 0 Å². The lowest BCUT2D eigenvalue weighted by Crippen LogP contribution is -2.22. The number of nitrogens with one attached hydrogen (secondary N) is 1. The molecule has 0 fully saturated rings. The van der Waals surface area contributed by atoms with Crippen molar-refractivity contribution in [1.29, 1.82) is 0 Å². The van der Waals surface area contributed by atoms with Gasteiger partial charge in [-0.1, -0.05) is 18.5 Å². The van der Waals surface area contributed by atoms with E-state index >= 15 is 0 Å². The van der Waals surface area contributed by atoms with Crippen LogP contribution in [0.4, 0.5) is 10.3 Å². The molecule has 2 aromatic rings. The maximum Gasteiger partial charge on any atom is 0.433 e. The first-order chi connectivity index (χ1) is 9.93. The van der Waals surface area contributed by atoms with E-state index in [2.05, 4.69) is 5.32 Å². The zero-order valence-electron chi connectivity index (χ0n) is 11.5. The van der Waals surface area contributed by atoms with Gasteiger partial charge in [-0.05, 0) is 42.8 Å². The third-order valence-electron chi connectivity index (χ3n) is 3.07. The summed E-state index contributed by atoms with van der Waals surface area (Å²) in [6.07, 6.45) is 0. The number of benzene rings is 1. The molecule has 7 heteroatoms. The van der Waals surface area contributed by atoms with Crippen LogP contribution in [0, 0.1) is 22.9 Å². The van der Waals surface area contributed by atoms with E-state index in [1.807, 2.05) is 6.92 Å². The first kappa shape index (κ1) is 15.5. The molecule has 0 aliphatic rings. The fourth-order valence-electron chi connectivity index (χ4n) is 2.06. The molecule has 112 valence electrons. The van der Waals surface area contributed by atoms with Gasteiger partial charge in [0.1, 0.15) is 16.5 Å². The normalized spacial score (nSPS) is 12.4. The highest BCUT2D eigenvalue weighted by Gasteiger charge is 2.23. The molecule has 0 saturated carbocycles. The predicted molar refractivity (Wildman–Crippen MR) is 77.0 cm³/mol. The van der Waals surface area contributed by atoms with Gasteiger partial charge in [-0.2, -0.15) is 0 Å². The van der Waals surface area contributed by atoms with Crippen LogP contribution in [-0.2, 0) is 0 Å². The standard InChI is InChI=1S/C14H14ClFN2O3/c1-3-17-14(12-4-5-13(21-12)18(19)20)9-6-8(2)11(16)7-10(9)15/h4-7,14,17H,3H2,1-2H3. The highest BCUT2D eigenvalue weighted by molar-refractivity contribution is 6.31. The zero-order chi connectivity index (χ0) is 15.6. The van der Waals surface area contributed by atoms with Crippen molar-refractivity contribution in [2.24, 2.45) is 0 Å². The number of hydrogen-bond acceptors (Lipinski definition) is 4. The molecule has 0 saturated heterocycles. The monoisotopic (exact) mass is 312 g/mol. The SMILES string of the molecule is CCNC(c1ccc([N+](=O)[O-])o1)c1cc(C)c(F)cc1Cl. The Morgan fingerprint density at radius 1 is 1.48 bits per heavy atom. The topological polar surface area (TPSA) is 68.3 Å². The molecule has 0 spiro atoms. The molecule has 1 aromatic heterocycles. The molecule has 21 heavy (non-hydrogen) atoms. The van der Waals surface area contributed by atoms with Crippen LogP contribution in [0.3, 0.4) is 0 Å².